The number of hydrogen-bond acceptors (Lipinski definition) is 8. The van der Waals surface area contributed by atoms with Gasteiger partial charge in [-0.25, -0.2) is 28.0 Å². The van der Waals surface area contributed by atoms with Crippen LogP contribution in [0.25, 0.3) is 0 Å². The maximum atomic E-state index is 13.0. The topological polar surface area (TPSA) is 131 Å². The van der Waals surface area contributed by atoms with Crippen LogP contribution < -0.4 is 19.7 Å². The normalized spacial score (nSPS) is 13.9. The van der Waals surface area contributed by atoms with Crippen LogP contribution in [0.15, 0.2) is 70.2 Å². The van der Waals surface area contributed by atoms with Crippen molar-refractivity contribution in [2.75, 3.05) is 22.0 Å². The molecule has 1 aromatic heterocycles. The molecule has 1 aliphatic heterocycles. The van der Waals surface area contributed by atoms with E-state index in [-0.39, 0.29) is 21.6 Å². The van der Waals surface area contributed by atoms with Crippen LogP contribution in [0.5, 0.6) is 5.75 Å². The molecule has 0 saturated heterocycles. The van der Waals surface area contributed by atoms with Gasteiger partial charge in [-0.05, 0) is 56.3 Å². The molecule has 0 saturated carbocycles. The molecule has 1 aliphatic rings. The molecule has 0 atom stereocenters. The van der Waals surface area contributed by atoms with Gasteiger partial charge >= 0.3 is 0 Å². The number of carbonyl (C=O) groups excluding carboxylic acids is 2. The molecule has 0 fully saturated rings. The van der Waals surface area contributed by atoms with Gasteiger partial charge < -0.3 is 10.1 Å². The molecule has 180 valence electrons. The van der Waals surface area contributed by atoms with Gasteiger partial charge in [0.1, 0.15) is 16.5 Å². The first kappa shape index (κ1) is 24.2. The van der Waals surface area contributed by atoms with Crippen LogP contribution >= 0.6 is 11.6 Å². The number of imide groups is 1. The van der Waals surface area contributed by atoms with E-state index >= 15 is 0 Å². The summed E-state index contributed by atoms with van der Waals surface area (Å²) in [6, 6.07) is 13.7. The molecule has 10 nitrogen and oxygen atoms in total. The Labute approximate surface area is 206 Å². The Morgan fingerprint density at radius 3 is 2.23 bits per heavy atom. The number of aromatic nitrogens is 2. The summed E-state index contributed by atoms with van der Waals surface area (Å²) in [5.74, 6) is -0.908. The monoisotopic (exact) mass is 513 g/mol. The average molecular weight is 514 g/mol. The van der Waals surface area contributed by atoms with Crippen LogP contribution in [-0.2, 0) is 19.6 Å². The third-order valence-electron chi connectivity index (χ3n) is 4.98. The van der Waals surface area contributed by atoms with E-state index in [1.165, 1.54) is 37.4 Å². The van der Waals surface area contributed by atoms with Crippen LogP contribution in [-0.4, -0.2) is 37.3 Å². The van der Waals surface area contributed by atoms with Crippen molar-refractivity contribution in [1.29, 1.82) is 0 Å². The molecule has 2 aromatic carbocycles. The quantitative estimate of drug-likeness (QED) is 0.460. The van der Waals surface area contributed by atoms with Crippen molar-refractivity contribution in [2.24, 2.45) is 0 Å². The van der Waals surface area contributed by atoms with Gasteiger partial charge in [-0.2, -0.15) is 0 Å². The van der Waals surface area contributed by atoms with Crippen LogP contribution in [0.3, 0.4) is 0 Å². The second-order valence-electron chi connectivity index (χ2n) is 7.57. The van der Waals surface area contributed by atoms with Gasteiger partial charge in [0.15, 0.2) is 0 Å². The summed E-state index contributed by atoms with van der Waals surface area (Å²) in [4.78, 5) is 34.7. The third kappa shape index (κ3) is 4.96. The minimum atomic E-state index is -3.95. The molecule has 2 heterocycles. The molecule has 0 bridgehead atoms. The zero-order valence-corrected chi connectivity index (χ0v) is 20.4. The molecule has 0 aliphatic carbocycles. The summed E-state index contributed by atoms with van der Waals surface area (Å²) < 4.78 is 32.9. The van der Waals surface area contributed by atoms with E-state index in [1.807, 2.05) is 0 Å². The van der Waals surface area contributed by atoms with E-state index in [0.717, 1.165) is 4.90 Å². The maximum Gasteiger partial charge on any atom is 0.283 e. The minimum Gasteiger partial charge on any atom is -0.497 e. The van der Waals surface area contributed by atoms with E-state index in [2.05, 4.69) is 20.0 Å². The highest BCUT2D eigenvalue weighted by atomic mass is 35.5. The predicted molar refractivity (Wildman–Crippen MR) is 131 cm³/mol. The lowest BCUT2D eigenvalue weighted by molar-refractivity contribution is -0.120. The molecule has 3 aromatic rings. The number of hydrogen-bond donors (Lipinski definition) is 2. The van der Waals surface area contributed by atoms with Crippen LogP contribution in [0.1, 0.15) is 11.4 Å². The van der Waals surface area contributed by atoms with Gasteiger partial charge in [0.05, 0.1) is 17.7 Å². The Hall–Kier alpha value is -3.96. The zero-order chi connectivity index (χ0) is 25.3. The van der Waals surface area contributed by atoms with Crippen molar-refractivity contribution in [3.63, 3.8) is 0 Å². The van der Waals surface area contributed by atoms with Gasteiger partial charge in [-0.3, -0.25) is 9.59 Å². The molecule has 0 radical (unpaired) electrons. The van der Waals surface area contributed by atoms with E-state index in [0.29, 0.717) is 28.5 Å². The fourth-order valence-electron chi connectivity index (χ4n) is 3.41. The number of carbonyl (C=O) groups is 2. The number of aryl methyl sites for hydroxylation is 2. The van der Waals surface area contributed by atoms with Gasteiger partial charge in [0.2, 0.25) is 5.95 Å². The van der Waals surface area contributed by atoms with Gasteiger partial charge in [0.25, 0.3) is 21.8 Å². The van der Waals surface area contributed by atoms with Crippen molar-refractivity contribution < 1.29 is 22.7 Å². The summed E-state index contributed by atoms with van der Waals surface area (Å²) in [6.07, 6.45) is 0. The number of methoxy groups -OCH3 is 1. The summed E-state index contributed by atoms with van der Waals surface area (Å²) >= 11 is 6.17. The van der Waals surface area contributed by atoms with Crippen molar-refractivity contribution in [1.82, 2.24) is 9.97 Å². The zero-order valence-electron chi connectivity index (χ0n) is 18.9. The van der Waals surface area contributed by atoms with Crippen molar-refractivity contribution >= 4 is 50.8 Å². The van der Waals surface area contributed by atoms with Crippen molar-refractivity contribution in [3.05, 3.63) is 76.7 Å². The molecule has 0 spiro atoms. The lowest BCUT2D eigenvalue weighted by Gasteiger charge is -2.16. The van der Waals surface area contributed by atoms with E-state index in [4.69, 9.17) is 16.3 Å². The first-order chi connectivity index (χ1) is 16.6. The van der Waals surface area contributed by atoms with Crippen molar-refractivity contribution in [2.45, 2.75) is 18.7 Å². The number of benzene rings is 2. The molecule has 0 unspecified atom stereocenters. The number of anilines is 3. The molecular formula is C23H20ClN5O5S. The largest absolute Gasteiger partial charge is 0.497 e. The standard InChI is InChI=1S/C23H20ClN5O5S/c1-13-11-14(2)26-23(25-13)28-35(32,33)18-9-7-15(8-10-18)27-20-19(24)21(30)29(22(20)31)16-5-4-6-17(12-16)34-3/h4-12,27H,1-3H3,(H,25,26,28). The SMILES string of the molecule is COc1cccc(N2C(=O)C(Cl)=C(Nc3ccc(S(=O)(=O)Nc4nc(C)cc(C)n4)cc3)C2=O)c1. The second kappa shape index (κ2) is 9.35. The molecule has 2 amide bonds. The Bertz CT molecular complexity index is 1450. The second-order valence-corrected chi connectivity index (χ2v) is 9.63. The van der Waals surface area contributed by atoms with Crippen molar-refractivity contribution in [3.8, 4) is 5.75 Å². The van der Waals surface area contributed by atoms with Gasteiger partial charge in [-0.1, -0.05) is 17.7 Å². The van der Waals surface area contributed by atoms with E-state index in [9.17, 15) is 18.0 Å². The molecule has 4 rings (SSSR count). The number of ether oxygens (including phenoxy) is 1. The highest BCUT2D eigenvalue weighted by molar-refractivity contribution is 7.92. The predicted octanol–water partition coefficient (Wildman–Crippen LogP) is 3.34. The Morgan fingerprint density at radius 2 is 1.60 bits per heavy atom. The van der Waals surface area contributed by atoms with E-state index < -0.39 is 21.8 Å². The molecule has 35 heavy (non-hydrogen) atoms. The fourth-order valence-corrected chi connectivity index (χ4v) is 4.56. The minimum absolute atomic E-state index is 0.0330. The summed E-state index contributed by atoms with van der Waals surface area (Å²) in [5.41, 5.74) is 1.78. The number of rotatable bonds is 7. The van der Waals surface area contributed by atoms with E-state index in [1.54, 1.807) is 38.1 Å². The average Bonchev–Trinajstić information content (AvgIpc) is 3.01. The third-order valence-corrected chi connectivity index (χ3v) is 6.68. The summed E-state index contributed by atoms with van der Waals surface area (Å²) in [6.45, 7) is 3.47. The Morgan fingerprint density at radius 1 is 0.943 bits per heavy atom. The highest BCUT2D eigenvalue weighted by Gasteiger charge is 2.39. The molecular weight excluding hydrogens is 494 g/mol. The lowest BCUT2D eigenvalue weighted by Crippen LogP contribution is -2.32. The highest BCUT2D eigenvalue weighted by Crippen LogP contribution is 2.32. The number of nitrogens with zero attached hydrogens (tertiary/aromatic N) is 3. The van der Waals surface area contributed by atoms with Crippen LogP contribution in [0.2, 0.25) is 0 Å². The summed E-state index contributed by atoms with van der Waals surface area (Å²) in [5, 5.41) is 2.52. The lowest BCUT2D eigenvalue weighted by atomic mass is 10.2. The van der Waals surface area contributed by atoms with Crippen LogP contribution in [0, 0.1) is 13.8 Å². The summed E-state index contributed by atoms with van der Waals surface area (Å²) in [7, 11) is -2.48. The number of halogens is 1. The number of nitrogens with one attached hydrogen (secondary N) is 2. The Balaban J connectivity index is 1.53. The molecule has 2 N–H and O–H groups in total. The molecule has 12 heteroatoms. The number of sulfonamides is 1. The smallest absolute Gasteiger partial charge is 0.283 e. The first-order valence-electron chi connectivity index (χ1n) is 10.2. The number of amides is 2. The van der Waals surface area contributed by atoms with Gasteiger partial charge in [-0.15, -0.1) is 0 Å². The Kier molecular flexibility index (Phi) is 6.46. The fraction of sp³-hybridized carbons (Fsp3) is 0.130. The van der Waals surface area contributed by atoms with Gasteiger partial charge in [0, 0.05) is 23.1 Å². The maximum absolute atomic E-state index is 13.0. The van der Waals surface area contributed by atoms with Crippen LogP contribution in [0.4, 0.5) is 17.3 Å². The first-order valence-corrected chi connectivity index (χ1v) is 12.1.